The van der Waals surface area contributed by atoms with Crippen LogP contribution in [0.5, 0.6) is 11.5 Å². The Bertz CT molecular complexity index is 972. The van der Waals surface area contributed by atoms with Gasteiger partial charge in [-0.2, -0.15) is 0 Å². The number of aryl methyl sites for hydroxylation is 1. The molecule has 0 radical (unpaired) electrons. The van der Waals surface area contributed by atoms with Crippen LogP contribution >= 0.6 is 0 Å². The van der Waals surface area contributed by atoms with Crippen molar-refractivity contribution in [3.05, 3.63) is 63.8 Å². The van der Waals surface area contributed by atoms with Gasteiger partial charge in [0.05, 0.1) is 19.1 Å². The van der Waals surface area contributed by atoms with Crippen LogP contribution in [0, 0.1) is 17.0 Å². The van der Waals surface area contributed by atoms with Crippen LogP contribution in [0.2, 0.25) is 0 Å². The Labute approximate surface area is 150 Å². The first-order chi connectivity index (χ1) is 12.5. The highest BCUT2D eigenvalue weighted by atomic mass is 16.6. The van der Waals surface area contributed by atoms with E-state index in [9.17, 15) is 10.1 Å². The normalized spacial score (nSPS) is 10.6. The summed E-state index contributed by atoms with van der Waals surface area (Å²) >= 11 is 0. The molecule has 0 saturated carbocycles. The second kappa shape index (κ2) is 7.26. The van der Waals surface area contributed by atoms with Crippen LogP contribution in [0.15, 0.2) is 42.5 Å². The molecule has 1 aromatic heterocycles. The van der Waals surface area contributed by atoms with Crippen LogP contribution in [0.1, 0.15) is 11.3 Å². The number of non-ortho nitro benzene ring substituents is 1. The molecular formula is C19H19N3O4. The van der Waals surface area contributed by atoms with E-state index in [1.54, 1.807) is 26.4 Å². The molecular weight excluding hydrogens is 334 g/mol. The summed E-state index contributed by atoms with van der Waals surface area (Å²) in [4.78, 5) is 15.1. The summed E-state index contributed by atoms with van der Waals surface area (Å²) in [6.45, 7) is 2.35. The van der Waals surface area contributed by atoms with Crippen molar-refractivity contribution in [2.75, 3.05) is 19.5 Å². The van der Waals surface area contributed by atoms with Gasteiger partial charge in [0.2, 0.25) is 0 Å². The smallest absolute Gasteiger partial charge is 0.270 e. The third kappa shape index (κ3) is 3.51. The molecule has 2 aromatic carbocycles. The molecule has 0 aliphatic heterocycles. The summed E-state index contributed by atoms with van der Waals surface area (Å²) in [6.07, 6.45) is 0. The van der Waals surface area contributed by atoms with Gasteiger partial charge in [-0.1, -0.05) is 0 Å². The van der Waals surface area contributed by atoms with E-state index in [0.29, 0.717) is 18.1 Å². The van der Waals surface area contributed by atoms with E-state index >= 15 is 0 Å². The lowest BCUT2D eigenvalue weighted by molar-refractivity contribution is -0.384. The van der Waals surface area contributed by atoms with Gasteiger partial charge in [-0.05, 0) is 36.6 Å². The second-order valence-electron chi connectivity index (χ2n) is 5.81. The number of anilines is 1. The van der Waals surface area contributed by atoms with Crippen LogP contribution in [-0.2, 0) is 6.54 Å². The van der Waals surface area contributed by atoms with Crippen LogP contribution in [0.4, 0.5) is 11.5 Å². The first-order valence-corrected chi connectivity index (χ1v) is 8.02. The van der Waals surface area contributed by atoms with Gasteiger partial charge in [0, 0.05) is 41.4 Å². The first-order valence-electron chi connectivity index (χ1n) is 8.02. The lowest BCUT2D eigenvalue weighted by Gasteiger charge is -2.13. The van der Waals surface area contributed by atoms with Crippen molar-refractivity contribution in [3.8, 4) is 11.5 Å². The van der Waals surface area contributed by atoms with Gasteiger partial charge in [-0.15, -0.1) is 0 Å². The number of rotatable bonds is 6. The first kappa shape index (κ1) is 17.5. The van der Waals surface area contributed by atoms with Gasteiger partial charge in [-0.3, -0.25) is 10.1 Å². The number of ether oxygens (including phenoxy) is 2. The Kier molecular flexibility index (Phi) is 4.88. The molecule has 0 bridgehead atoms. The largest absolute Gasteiger partial charge is 0.497 e. The van der Waals surface area contributed by atoms with E-state index in [-0.39, 0.29) is 5.69 Å². The van der Waals surface area contributed by atoms with Crippen LogP contribution in [0.3, 0.4) is 0 Å². The van der Waals surface area contributed by atoms with Crippen molar-refractivity contribution in [1.29, 1.82) is 0 Å². The van der Waals surface area contributed by atoms with Crippen molar-refractivity contribution < 1.29 is 14.4 Å². The Morgan fingerprint density at radius 1 is 1.12 bits per heavy atom. The third-order valence-electron chi connectivity index (χ3n) is 4.09. The van der Waals surface area contributed by atoms with Crippen LogP contribution in [-0.4, -0.2) is 24.1 Å². The van der Waals surface area contributed by atoms with E-state index in [1.807, 2.05) is 31.2 Å². The fraction of sp³-hybridized carbons (Fsp3) is 0.211. The van der Waals surface area contributed by atoms with Crippen molar-refractivity contribution >= 4 is 22.3 Å². The van der Waals surface area contributed by atoms with Crippen LogP contribution in [0.25, 0.3) is 10.8 Å². The summed E-state index contributed by atoms with van der Waals surface area (Å²) in [5.41, 5.74) is 1.79. The van der Waals surface area contributed by atoms with Gasteiger partial charge in [-0.25, -0.2) is 4.98 Å². The number of hydrogen-bond donors (Lipinski definition) is 1. The van der Waals surface area contributed by atoms with E-state index in [0.717, 1.165) is 27.8 Å². The molecule has 26 heavy (non-hydrogen) atoms. The standard InChI is InChI=1S/C19H19N3O4/c1-12-8-14-9-15(22(23)24)5-7-17(14)19(21-12)20-11-13-4-6-16(25-2)10-18(13)26-3/h4-10H,11H2,1-3H3,(H,20,21). The number of benzene rings is 2. The number of aromatic nitrogens is 1. The Balaban J connectivity index is 1.93. The van der Waals surface area contributed by atoms with Gasteiger partial charge < -0.3 is 14.8 Å². The SMILES string of the molecule is COc1ccc(CNc2nc(C)cc3cc([N+](=O)[O-])ccc23)c(OC)c1. The summed E-state index contributed by atoms with van der Waals surface area (Å²) in [6, 6.07) is 12.2. The maximum Gasteiger partial charge on any atom is 0.270 e. The number of pyridine rings is 1. The minimum atomic E-state index is -0.398. The molecule has 3 rings (SSSR count). The molecule has 7 heteroatoms. The average molecular weight is 353 g/mol. The number of fused-ring (bicyclic) bond motifs is 1. The fourth-order valence-corrected chi connectivity index (χ4v) is 2.80. The summed E-state index contributed by atoms with van der Waals surface area (Å²) in [5.74, 6) is 2.11. The van der Waals surface area contributed by atoms with Gasteiger partial charge in [0.15, 0.2) is 0 Å². The molecule has 0 saturated heterocycles. The zero-order valence-corrected chi connectivity index (χ0v) is 14.8. The summed E-state index contributed by atoms with van der Waals surface area (Å²) in [7, 11) is 3.21. The number of nitrogens with one attached hydrogen (secondary N) is 1. The van der Waals surface area contributed by atoms with Crippen molar-refractivity contribution in [1.82, 2.24) is 4.98 Å². The van der Waals surface area contributed by atoms with Gasteiger partial charge in [0.1, 0.15) is 17.3 Å². The number of nitro benzene ring substituents is 1. The quantitative estimate of drug-likeness (QED) is 0.531. The molecule has 0 unspecified atom stereocenters. The molecule has 0 amide bonds. The predicted molar refractivity (Wildman–Crippen MR) is 100 cm³/mol. The molecule has 134 valence electrons. The van der Waals surface area contributed by atoms with E-state index < -0.39 is 4.92 Å². The molecule has 0 aliphatic carbocycles. The number of nitrogens with zero attached hydrogens (tertiary/aromatic N) is 2. The van der Waals surface area contributed by atoms with Crippen LogP contribution < -0.4 is 14.8 Å². The minimum absolute atomic E-state index is 0.0610. The maximum atomic E-state index is 11.0. The highest BCUT2D eigenvalue weighted by Gasteiger charge is 2.11. The number of hydrogen-bond acceptors (Lipinski definition) is 6. The zero-order valence-electron chi connectivity index (χ0n) is 14.8. The number of nitro groups is 1. The van der Waals surface area contributed by atoms with Gasteiger partial charge in [0.25, 0.3) is 5.69 Å². The molecule has 0 fully saturated rings. The highest BCUT2D eigenvalue weighted by molar-refractivity contribution is 5.93. The van der Waals surface area contributed by atoms with E-state index in [1.165, 1.54) is 6.07 Å². The maximum absolute atomic E-state index is 11.0. The van der Waals surface area contributed by atoms with E-state index in [4.69, 9.17) is 9.47 Å². The minimum Gasteiger partial charge on any atom is -0.497 e. The predicted octanol–water partition coefficient (Wildman–Crippen LogP) is 4.08. The fourth-order valence-electron chi connectivity index (χ4n) is 2.80. The monoisotopic (exact) mass is 353 g/mol. The zero-order chi connectivity index (χ0) is 18.7. The third-order valence-corrected chi connectivity index (χ3v) is 4.09. The second-order valence-corrected chi connectivity index (χ2v) is 5.81. The van der Waals surface area contributed by atoms with E-state index in [2.05, 4.69) is 10.3 Å². The Morgan fingerprint density at radius 3 is 2.62 bits per heavy atom. The molecule has 1 N–H and O–H groups in total. The molecule has 0 spiro atoms. The topological polar surface area (TPSA) is 86.5 Å². The molecule has 0 atom stereocenters. The van der Waals surface area contributed by atoms with Crippen molar-refractivity contribution in [3.63, 3.8) is 0 Å². The average Bonchev–Trinajstić information content (AvgIpc) is 2.65. The molecule has 3 aromatic rings. The van der Waals surface area contributed by atoms with Gasteiger partial charge >= 0.3 is 0 Å². The molecule has 0 aliphatic rings. The van der Waals surface area contributed by atoms with Crippen molar-refractivity contribution in [2.45, 2.75) is 13.5 Å². The lowest BCUT2D eigenvalue weighted by atomic mass is 10.1. The Morgan fingerprint density at radius 2 is 1.92 bits per heavy atom. The lowest BCUT2D eigenvalue weighted by Crippen LogP contribution is -2.05. The molecule has 1 heterocycles. The summed E-state index contributed by atoms with van der Waals surface area (Å²) < 4.78 is 10.6. The highest BCUT2D eigenvalue weighted by Crippen LogP contribution is 2.29. The number of methoxy groups -OCH3 is 2. The molecule has 7 nitrogen and oxygen atoms in total. The van der Waals surface area contributed by atoms with Crippen molar-refractivity contribution in [2.24, 2.45) is 0 Å². The summed E-state index contributed by atoms with van der Waals surface area (Å²) in [5, 5.41) is 15.9. The Hall–Kier alpha value is -3.35.